The van der Waals surface area contributed by atoms with E-state index in [-0.39, 0.29) is 5.91 Å². The van der Waals surface area contributed by atoms with Crippen molar-refractivity contribution in [3.8, 4) is 0 Å². The summed E-state index contributed by atoms with van der Waals surface area (Å²) < 4.78 is 37.3. The zero-order valence-corrected chi connectivity index (χ0v) is 15.4. The third-order valence-corrected chi connectivity index (χ3v) is 4.08. The quantitative estimate of drug-likeness (QED) is 0.583. The maximum absolute atomic E-state index is 12.4. The summed E-state index contributed by atoms with van der Waals surface area (Å²) in [5, 5.41) is 7.12. The lowest BCUT2D eigenvalue weighted by Gasteiger charge is -2.29. The van der Waals surface area contributed by atoms with Crippen LogP contribution in [0.5, 0.6) is 0 Å². The normalized spacial score (nSPS) is 13.1. The van der Waals surface area contributed by atoms with Crippen molar-refractivity contribution >= 4 is 11.9 Å². The van der Waals surface area contributed by atoms with Gasteiger partial charge in [0.1, 0.15) is 5.69 Å². The summed E-state index contributed by atoms with van der Waals surface area (Å²) in [7, 11) is 0. The van der Waals surface area contributed by atoms with E-state index in [4.69, 9.17) is 14.6 Å². The van der Waals surface area contributed by atoms with Gasteiger partial charge in [-0.25, -0.2) is 4.79 Å². The molecule has 7 nitrogen and oxygen atoms in total. The molecule has 3 rings (SSSR count). The van der Waals surface area contributed by atoms with Gasteiger partial charge in [0.15, 0.2) is 0 Å². The summed E-state index contributed by atoms with van der Waals surface area (Å²) >= 11 is 0. The lowest BCUT2D eigenvalue weighted by Crippen LogP contribution is -2.36. The number of halogens is 3. The summed E-state index contributed by atoms with van der Waals surface area (Å²) in [6.07, 6.45) is 2.95. The van der Waals surface area contributed by atoms with Crippen LogP contribution in [-0.4, -0.2) is 51.2 Å². The van der Waals surface area contributed by atoms with Crippen molar-refractivity contribution in [3.63, 3.8) is 0 Å². The molecule has 1 aliphatic rings. The molecule has 2 aromatic heterocycles. The number of aromatic amines is 1. The monoisotopic (exact) mass is 411 g/mol. The third kappa shape index (κ3) is 6.18. The van der Waals surface area contributed by atoms with Crippen molar-refractivity contribution in [2.75, 3.05) is 13.2 Å². The number of nitrogens with one attached hydrogen (secondary N) is 1. The Hall–Kier alpha value is -3.14. The Bertz CT molecular complexity index is 851. The molecule has 29 heavy (non-hydrogen) atoms. The first-order valence-corrected chi connectivity index (χ1v) is 8.60. The predicted molar refractivity (Wildman–Crippen MR) is 97.0 cm³/mol. The van der Waals surface area contributed by atoms with E-state index in [1.807, 2.05) is 23.4 Å². The van der Waals surface area contributed by atoms with Crippen LogP contribution in [-0.2, 0) is 29.1 Å². The van der Waals surface area contributed by atoms with E-state index in [0.29, 0.717) is 32.0 Å². The van der Waals surface area contributed by atoms with Crippen LogP contribution in [0.3, 0.4) is 0 Å². The number of alkyl halides is 3. The Morgan fingerprint density at radius 2 is 2.10 bits per heavy atom. The number of amides is 1. The van der Waals surface area contributed by atoms with Crippen LogP contribution in [0.1, 0.15) is 27.2 Å². The second-order valence-electron chi connectivity index (χ2n) is 6.10. The first-order chi connectivity index (χ1) is 13.7. The minimum Gasteiger partial charge on any atom is -0.475 e. The predicted octanol–water partition coefficient (Wildman–Crippen LogP) is 2.94. The highest BCUT2D eigenvalue weighted by Crippen LogP contribution is 2.23. The van der Waals surface area contributed by atoms with Gasteiger partial charge >= 0.3 is 12.1 Å². The zero-order valence-electron chi connectivity index (χ0n) is 15.4. The topological polar surface area (TPSA) is 95.5 Å². The van der Waals surface area contributed by atoms with Crippen molar-refractivity contribution in [1.29, 1.82) is 0 Å². The fraction of sp³-hybridized carbons (Fsp3) is 0.316. The van der Waals surface area contributed by atoms with Gasteiger partial charge in [-0.15, -0.1) is 6.58 Å². The summed E-state index contributed by atoms with van der Waals surface area (Å²) in [6.45, 7) is 6.01. The number of rotatable bonds is 5. The minimum absolute atomic E-state index is 0.0314. The molecule has 0 fully saturated rings. The van der Waals surface area contributed by atoms with Gasteiger partial charge in [0.25, 0.3) is 5.91 Å². The van der Waals surface area contributed by atoms with E-state index in [1.165, 1.54) is 5.56 Å². The molecular weight excluding hydrogens is 391 g/mol. The maximum atomic E-state index is 12.4. The number of hydrogen-bond acceptors (Lipinski definition) is 4. The van der Waals surface area contributed by atoms with Crippen molar-refractivity contribution in [2.45, 2.75) is 25.7 Å². The van der Waals surface area contributed by atoms with Crippen LogP contribution in [0.4, 0.5) is 13.2 Å². The second kappa shape index (κ2) is 9.87. The van der Waals surface area contributed by atoms with Crippen LogP contribution in [0.15, 0.2) is 43.4 Å². The average Bonchev–Trinajstić information content (AvgIpc) is 3.22. The summed E-state index contributed by atoms with van der Waals surface area (Å²) in [6, 6.07) is 3.64. The Morgan fingerprint density at radius 3 is 2.69 bits per heavy atom. The molecular formula is C19H20F3N3O4. The highest BCUT2D eigenvalue weighted by Gasteiger charge is 2.38. The van der Waals surface area contributed by atoms with Crippen LogP contribution in [0.2, 0.25) is 0 Å². The van der Waals surface area contributed by atoms with Crippen LogP contribution >= 0.6 is 0 Å². The zero-order chi connectivity index (χ0) is 21.4. The summed E-state index contributed by atoms with van der Waals surface area (Å²) in [4.78, 5) is 30.4. The van der Waals surface area contributed by atoms with Gasteiger partial charge in [-0.1, -0.05) is 6.08 Å². The molecule has 0 aliphatic carbocycles. The number of H-pyrrole nitrogens is 1. The molecule has 156 valence electrons. The molecule has 2 N–H and O–H groups in total. The lowest BCUT2D eigenvalue weighted by atomic mass is 9.97. The van der Waals surface area contributed by atoms with E-state index >= 15 is 0 Å². The molecule has 2 aromatic rings. The Balaban J connectivity index is 0.000000370. The van der Waals surface area contributed by atoms with Gasteiger partial charge < -0.3 is 19.7 Å². The van der Waals surface area contributed by atoms with Gasteiger partial charge in [-0.2, -0.15) is 13.2 Å². The first kappa shape index (κ1) is 22.2. The SMILES string of the molecule is C=CCOCc1cncc2c1CCN(C(=O)c1ccc[nH]1)C2.O=C(O)C(F)(F)F. The number of carboxylic acid groups (broad SMARTS) is 1. The van der Waals surface area contributed by atoms with E-state index in [2.05, 4.69) is 16.5 Å². The van der Waals surface area contributed by atoms with Crippen LogP contribution in [0.25, 0.3) is 0 Å². The van der Waals surface area contributed by atoms with E-state index in [9.17, 15) is 18.0 Å². The van der Waals surface area contributed by atoms with E-state index < -0.39 is 12.1 Å². The van der Waals surface area contributed by atoms with Crippen molar-refractivity contribution in [3.05, 3.63) is 65.8 Å². The molecule has 0 unspecified atom stereocenters. The third-order valence-electron chi connectivity index (χ3n) is 4.08. The molecule has 0 saturated carbocycles. The first-order valence-electron chi connectivity index (χ1n) is 8.60. The number of carbonyl (C=O) groups excluding carboxylic acids is 1. The number of fused-ring (bicyclic) bond motifs is 1. The molecule has 3 heterocycles. The highest BCUT2D eigenvalue weighted by molar-refractivity contribution is 5.92. The Labute approximate surface area is 164 Å². The Morgan fingerprint density at radius 1 is 1.38 bits per heavy atom. The molecule has 1 amide bonds. The smallest absolute Gasteiger partial charge is 0.475 e. The fourth-order valence-corrected chi connectivity index (χ4v) is 2.75. The maximum Gasteiger partial charge on any atom is 0.490 e. The molecule has 0 spiro atoms. The molecule has 0 radical (unpaired) electrons. The number of pyridine rings is 1. The largest absolute Gasteiger partial charge is 0.490 e. The van der Waals surface area contributed by atoms with E-state index in [0.717, 1.165) is 17.5 Å². The number of carbonyl (C=O) groups is 2. The molecule has 10 heteroatoms. The number of aromatic nitrogens is 2. The highest BCUT2D eigenvalue weighted by atomic mass is 19.4. The molecule has 0 saturated heterocycles. The van der Waals surface area contributed by atoms with Crippen LogP contribution in [0, 0.1) is 0 Å². The second-order valence-corrected chi connectivity index (χ2v) is 6.10. The van der Waals surface area contributed by atoms with Gasteiger partial charge in [0.2, 0.25) is 0 Å². The van der Waals surface area contributed by atoms with Crippen LogP contribution < -0.4 is 0 Å². The summed E-state index contributed by atoms with van der Waals surface area (Å²) in [5.74, 6) is -2.73. The minimum atomic E-state index is -5.08. The molecule has 0 aromatic carbocycles. The molecule has 0 bridgehead atoms. The van der Waals surface area contributed by atoms with Crippen molar-refractivity contribution in [2.24, 2.45) is 0 Å². The Kier molecular flexibility index (Phi) is 7.54. The van der Waals surface area contributed by atoms with E-state index in [1.54, 1.807) is 18.3 Å². The number of aliphatic carboxylic acids is 1. The average molecular weight is 411 g/mol. The molecule has 0 atom stereocenters. The number of carboxylic acids is 1. The van der Waals surface area contributed by atoms with Crippen molar-refractivity contribution < 1.29 is 32.6 Å². The number of ether oxygens (including phenoxy) is 1. The molecule has 1 aliphatic heterocycles. The van der Waals surface area contributed by atoms with Gasteiger partial charge in [-0.05, 0) is 35.2 Å². The number of hydrogen-bond donors (Lipinski definition) is 2. The lowest BCUT2D eigenvalue weighted by molar-refractivity contribution is -0.192. The van der Waals surface area contributed by atoms with Gasteiger partial charge in [0.05, 0.1) is 13.2 Å². The van der Waals surface area contributed by atoms with Crippen molar-refractivity contribution in [1.82, 2.24) is 14.9 Å². The number of nitrogens with zero attached hydrogens (tertiary/aromatic N) is 2. The fourth-order valence-electron chi connectivity index (χ4n) is 2.75. The standard InChI is InChI=1S/C17H19N3O2.C2HF3O2/c1-2-8-22-12-14-10-18-9-13-11-20(7-5-15(13)14)17(21)16-4-3-6-19-16;3-2(4,5)1(6)7/h2-4,6,9-10,19H,1,5,7-8,11-12H2;(H,6,7). The van der Waals surface area contributed by atoms with Gasteiger partial charge in [-0.3, -0.25) is 9.78 Å². The summed E-state index contributed by atoms with van der Waals surface area (Å²) in [5.41, 5.74) is 4.09. The van der Waals surface area contributed by atoms with Gasteiger partial charge in [0, 0.05) is 31.7 Å².